The van der Waals surface area contributed by atoms with Crippen LogP contribution in [0.15, 0.2) is 152 Å². The molecule has 2 aromatic heterocycles. The van der Waals surface area contributed by atoms with Crippen LogP contribution in [0.3, 0.4) is 0 Å². The van der Waals surface area contributed by atoms with Crippen LogP contribution in [-0.2, 0) is 0 Å². The molecule has 0 fully saturated rings. The lowest BCUT2D eigenvalue weighted by atomic mass is 9.92. The van der Waals surface area contributed by atoms with Crippen molar-refractivity contribution < 1.29 is 0 Å². The minimum Gasteiger partial charge on any atom is -0.320 e. The molecule has 0 N–H and O–H groups in total. The number of aromatic nitrogens is 2. The Bertz CT molecular complexity index is 2900. The fourth-order valence-corrected chi connectivity index (χ4v) is 7.46. The molecule has 230 valence electrons. The molecule has 0 saturated carbocycles. The smallest absolute Gasteiger partial charge is 0.218 e. The van der Waals surface area contributed by atoms with Crippen molar-refractivity contribution in [1.29, 1.82) is 5.26 Å². The van der Waals surface area contributed by atoms with Gasteiger partial charge in [-0.1, -0.05) is 103 Å². The third-order valence-electron chi connectivity index (χ3n) is 9.62. The molecule has 2 heterocycles. The molecule has 0 aliphatic carbocycles. The van der Waals surface area contributed by atoms with Crippen molar-refractivity contribution in [2.45, 2.75) is 0 Å². The number of rotatable bonds is 4. The molecule has 9 aromatic rings. The fourth-order valence-electron chi connectivity index (χ4n) is 7.46. The third kappa shape index (κ3) is 4.24. The van der Waals surface area contributed by atoms with E-state index in [1.165, 1.54) is 0 Å². The molecule has 0 spiro atoms. The van der Waals surface area contributed by atoms with Crippen molar-refractivity contribution in [3.8, 4) is 39.7 Å². The molecule has 5 nitrogen and oxygen atoms in total. The third-order valence-corrected chi connectivity index (χ3v) is 9.62. The quantitative estimate of drug-likeness (QED) is 0.177. The highest BCUT2D eigenvalue weighted by atomic mass is 15.0. The van der Waals surface area contributed by atoms with Gasteiger partial charge in [-0.3, -0.25) is 4.85 Å². The maximum absolute atomic E-state index is 9.57. The number of nitrogens with zero attached hydrogens (tertiary/aromatic N) is 5. The Labute approximate surface area is 288 Å². The van der Waals surface area contributed by atoms with Crippen molar-refractivity contribution >= 4 is 55.0 Å². The lowest BCUT2D eigenvalue weighted by molar-refractivity contribution is 1.18. The Morgan fingerprint density at radius 1 is 0.480 bits per heavy atom. The summed E-state index contributed by atoms with van der Waals surface area (Å²) in [5.41, 5.74) is 11.0. The van der Waals surface area contributed by atoms with Gasteiger partial charge in [0.2, 0.25) is 5.69 Å². The Kier molecular flexibility index (Phi) is 6.56. The van der Waals surface area contributed by atoms with E-state index in [-0.39, 0.29) is 0 Å². The summed E-state index contributed by atoms with van der Waals surface area (Å²) in [6, 6.07) is 53.5. The summed E-state index contributed by atoms with van der Waals surface area (Å²) in [5.74, 6) is 0. The van der Waals surface area contributed by atoms with Crippen molar-refractivity contribution in [1.82, 2.24) is 9.13 Å². The Morgan fingerprint density at radius 3 is 1.66 bits per heavy atom. The van der Waals surface area contributed by atoms with Gasteiger partial charge in [0.1, 0.15) is 0 Å². The lowest BCUT2D eigenvalue weighted by Gasteiger charge is -2.19. The Morgan fingerprint density at radius 2 is 1.04 bits per heavy atom. The van der Waals surface area contributed by atoms with Crippen molar-refractivity contribution in [3.05, 3.63) is 180 Å². The Balaban J connectivity index is 1.25. The predicted molar refractivity (Wildman–Crippen MR) is 203 cm³/mol. The Hall–Kier alpha value is -7.39. The molecule has 0 aliphatic rings. The molecule has 0 unspecified atom stereocenters. The fraction of sp³-hybridized carbons (Fsp3) is 0. The summed E-state index contributed by atoms with van der Waals surface area (Å²) in [5, 5.41) is 13.9. The van der Waals surface area contributed by atoms with E-state index in [1.807, 2.05) is 72.8 Å². The van der Waals surface area contributed by atoms with E-state index in [1.54, 1.807) is 6.07 Å². The van der Waals surface area contributed by atoms with E-state index in [2.05, 4.69) is 97.7 Å². The van der Waals surface area contributed by atoms with Gasteiger partial charge in [-0.05, 0) is 70.8 Å². The van der Waals surface area contributed by atoms with E-state index in [0.717, 1.165) is 71.6 Å². The standard InChI is InChI=1S/C45H25N5/c1-47-39-25-24-37(45(44(39)48-2)50-41-17-9-5-13-34(41)35-14-6-10-18-42(35)50)33-12-4-3-11-32(33)30-20-22-31(23-21-30)49-40-16-8-7-15-36(40)38-27-29(28-46)19-26-43(38)49/h3-27H. The van der Waals surface area contributed by atoms with Crippen LogP contribution in [0.2, 0.25) is 0 Å². The number of hydrogen-bond donors (Lipinski definition) is 0. The first-order valence-corrected chi connectivity index (χ1v) is 16.2. The number of fused-ring (bicyclic) bond motifs is 6. The molecule has 0 atom stereocenters. The summed E-state index contributed by atoms with van der Waals surface area (Å²) >= 11 is 0. The summed E-state index contributed by atoms with van der Waals surface area (Å²) in [7, 11) is 0. The first-order chi connectivity index (χ1) is 24.7. The molecule has 50 heavy (non-hydrogen) atoms. The van der Waals surface area contributed by atoms with Gasteiger partial charge in [0.05, 0.1) is 46.8 Å². The number of nitriles is 1. The lowest BCUT2D eigenvalue weighted by Crippen LogP contribution is -1.99. The number of para-hydroxylation sites is 3. The summed E-state index contributed by atoms with van der Waals surface area (Å²) < 4.78 is 4.40. The van der Waals surface area contributed by atoms with Crippen LogP contribution in [0.1, 0.15) is 5.56 Å². The highest BCUT2D eigenvalue weighted by Crippen LogP contribution is 2.47. The van der Waals surface area contributed by atoms with Gasteiger partial charge in [0, 0.05) is 32.9 Å². The molecular weight excluding hydrogens is 611 g/mol. The summed E-state index contributed by atoms with van der Waals surface area (Å²) in [6.07, 6.45) is 0. The molecule has 7 aromatic carbocycles. The van der Waals surface area contributed by atoms with Gasteiger partial charge in [-0.25, -0.2) is 4.85 Å². The molecule has 0 bridgehead atoms. The normalized spacial score (nSPS) is 11.1. The van der Waals surface area contributed by atoms with Crippen molar-refractivity contribution in [2.24, 2.45) is 0 Å². The molecule has 0 aliphatic heterocycles. The zero-order chi connectivity index (χ0) is 33.8. The van der Waals surface area contributed by atoms with Crippen LogP contribution >= 0.6 is 0 Å². The average Bonchev–Trinajstić information content (AvgIpc) is 3.70. The van der Waals surface area contributed by atoms with Gasteiger partial charge < -0.3 is 9.13 Å². The summed E-state index contributed by atoms with van der Waals surface area (Å²) in [4.78, 5) is 7.77. The minimum absolute atomic E-state index is 0.329. The van der Waals surface area contributed by atoms with E-state index < -0.39 is 0 Å². The average molecular weight is 636 g/mol. The highest BCUT2D eigenvalue weighted by Gasteiger charge is 2.23. The molecule has 0 saturated heterocycles. The number of benzene rings is 7. The molecule has 0 radical (unpaired) electrons. The monoisotopic (exact) mass is 635 g/mol. The zero-order valence-electron chi connectivity index (χ0n) is 26.7. The van der Waals surface area contributed by atoms with Gasteiger partial charge in [-0.2, -0.15) is 5.26 Å². The van der Waals surface area contributed by atoms with Crippen LogP contribution in [0.4, 0.5) is 11.4 Å². The van der Waals surface area contributed by atoms with Crippen LogP contribution in [0.5, 0.6) is 0 Å². The SMILES string of the molecule is [C-]#[N+]c1ccc(-c2ccccc2-c2ccc(-n3c4ccccc4c4cc(C#N)ccc43)cc2)c(-n2c3ccccc3c3ccccc32)c1[N+]#[C-]. The second-order valence-electron chi connectivity index (χ2n) is 12.2. The molecular formula is C45H25N5. The van der Waals surface area contributed by atoms with Crippen LogP contribution in [-0.4, -0.2) is 9.13 Å². The molecule has 9 rings (SSSR count). The second kappa shape index (κ2) is 11.4. The highest BCUT2D eigenvalue weighted by molar-refractivity contribution is 6.12. The van der Waals surface area contributed by atoms with Gasteiger partial charge in [-0.15, -0.1) is 0 Å². The topological polar surface area (TPSA) is 42.4 Å². The van der Waals surface area contributed by atoms with Gasteiger partial charge >= 0.3 is 0 Å². The molecule has 5 heteroatoms. The van der Waals surface area contributed by atoms with Crippen molar-refractivity contribution in [3.63, 3.8) is 0 Å². The first-order valence-electron chi connectivity index (χ1n) is 16.2. The first kappa shape index (κ1) is 28.8. The second-order valence-corrected chi connectivity index (χ2v) is 12.2. The largest absolute Gasteiger partial charge is 0.320 e. The van der Waals surface area contributed by atoms with E-state index in [0.29, 0.717) is 22.6 Å². The molecule has 0 amide bonds. The zero-order valence-corrected chi connectivity index (χ0v) is 26.7. The number of hydrogen-bond acceptors (Lipinski definition) is 1. The predicted octanol–water partition coefficient (Wildman–Crippen LogP) is 12.2. The van der Waals surface area contributed by atoms with Crippen molar-refractivity contribution in [2.75, 3.05) is 0 Å². The van der Waals surface area contributed by atoms with Crippen LogP contribution in [0, 0.1) is 24.5 Å². The van der Waals surface area contributed by atoms with E-state index in [4.69, 9.17) is 13.1 Å². The van der Waals surface area contributed by atoms with Gasteiger partial charge in [0.25, 0.3) is 0 Å². The van der Waals surface area contributed by atoms with Crippen LogP contribution in [0.25, 0.3) is 86.9 Å². The van der Waals surface area contributed by atoms with E-state index in [9.17, 15) is 5.26 Å². The maximum Gasteiger partial charge on any atom is 0.218 e. The maximum atomic E-state index is 9.57. The van der Waals surface area contributed by atoms with Crippen LogP contribution < -0.4 is 0 Å². The minimum atomic E-state index is 0.329. The van der Waals surface area contributed by atoms with Gasteiger partial charge in [0.15, 0.2) is 5.69 Å². The summed E-state index contributed by atoms with van der Waals surface area (Å²) in [6.45, 7) is 16.2. The van der Waals surface area contributed by atoms with E-state index >= 15 is 0 Å².